The highest BCUT2D eigenvalue weighted by molar-refractivity contribution is 5.71. The first-order chi connectivity index (χ1) is 14.2. The molecule has 1 saturated heterocycles. The van der Waals surface area contributed by atoms with Gasteiger partial charge in [0.2, 0.25) is 0 Å². The molecule has 0 radical (unpaired) electrons. The number of fused-ring (bicyclic) bond motifs is 2. The summed E-state index contributed by atoms with van der Waals surface area (Å²) in [6, 6.07) is 14.4. The van der Waals surface area contributed by atoms with Gasteiger partial charge in [0.25, 0.3) is 0 Å². The zero-order valence-corrected chi connectivity index (χ0v) is 15.5. The molecule has 3 heterocycles. The van der Waals surface area contributed by atoms with Crippen molar-refractivity contribution in [1.29, 1.82) is 0 Å². The van der Waals surface area contributed by atoms with Crippen molar-refractivity contribution < 1.29 is 13.9 Å². The lowest BCUT2D eigenvalue weighted by Gasteiger charge is -2.34. The van der Waals surface area contributed by atoms with E-state index in [-0.39, 0.29) is 23.9 Å². The van der Waals surface area contributed by atoms with Gasteiger partial charge >= 0.3 is 6.09 Å². The highest BCUT2D eigenvalue weighted by atomic mass is 19.1. The summed E-state index contributed by atoms with van der Waals surface area (Å²) in [6.07, 6.45) is 7.01. The summed E-state index contributed by atoms with van der Waals surface area (Å²) in [5, 5.41) is 0. The Labute approximate surface area is 167 Å². The maximum Gasteiger partial charge on any atom is 0.410 e. The van der Waals surface area contributed by atoms with Crippen LogP contribution in [0.5, 0.6) is 0 Å². The molecule has 0 saturated carbocycles. The Balaban J connectivity index is 1.42. The first-order valence-corrected chi connectivity index (χ1v) is 9.46. The van der Waals surface area contributed by atoms with Crippen LogP contribution in [0.1, 0.15) is 22.7 Å². The average molecular weight is 387 g/mol. The molecule has 6 heteroatoms. The van der Waals surface area contributed by atoms with Gasteiger partial charge in [0.15, 0.2) is 0 Å². The van der Waals surface area contributed by atoms with Crippen LogP contribution in [-0.4, -0.2) is 33.6 Å². The summed E-state index contributed by atoms with van der Waals surface area (Å²) in [5.74, 6) is -0.279. The van der Waals surface area contributed by atoms with Gasteiger partial charge in [-0.15, -0.1) is 0 Å². The second-order valence-corrected chi connectivity index (χ2v) is 7.19. The van der Waals surface area contributed by atoms with E-state index in [9.17, 15) is 9.18 Å². The van der Waals surface area contributed by atoms with Crippen LogP contribution in [0.25, 0.3) is 17.3 Å². The Morgan fingerprint density at radius 1 is 1.10 bits per heavy atom. The number of amides is 1. The van der Waals surface area contributed by atoms with E-state index in [0.717, 1.165) is 5.56 Å². The van der Waals surface area contributed by atoms with E-state index in [1.807, 2.05) is 24.3 Å². The number of benzene rings is 2. The molecule has 1 fully saturated rings. The van der Waals surface area contributed by atoms with E-state index < -0.39 is 0 Å². The number of ether oxygens (including phenoxy) is 1. The van der Waals surface area contributed by atoms with Gasteiger partial charge in [-0.25, -0.2) is 9.18 Å². The van der Waals surface area contributed by atoms with Crippen LogP contribution in [0.4, 0.5) is 9.18 Å². The summed E-state index contributed by atoms with van der Waals surface area (Å²) in [7, 11) is 0. The minimum Gasteiger partial charge on any atom is -0.447 e. The molecule has 2 aliphatic heterocycles. The number of cyclic esters (lactones) is 1. The molecule has 2 atom stereocenters. The molecule has 0 N–H and O–H groups in total. The molecule has 1 aromatic heterocycles. The van der Waals surface area contributed by atoms with Gasteiger partial charge in [-0.1, -0.05) is 42.5 Å². The van der Waals surface area contributed by atoms with Crippen LogP contribution < -0.4 is 0 Å². The van der Waals surface area contributed by atoms with Gasteiger partial charge in [0.1, 0.15) is 12.4 Å². The molecule has 29 heavy (non-hydrogen) atoms. The molecule has 5 rings (SSSR count). The topological polar surface area (TPSA) is 55.3 Å². The van der Waals surface area contributed by atoms with Crippen molar-refractivity contribution >= 4 is 12.2 Å². The average Bonchev–Trinajstić information content (AvgIpc) is 3.12. The lowest BCUT2D eigenvalue weighted by atomic mass is 9.84. The lowest BCUT2D eigenvalue weighted by molar-refractivity contribution is 0.154. The number of hydrogen-bond acceptors (Lipinski definition) is 4. The van der Waals surface area contributed by atoms with Gasteiger partial charge in [-0.2, -0.15) is 0 Å². The number of halogens is 1. The van der Waals surface area contributed by atoms with E-state index in [0.29, 0.717) is 30.1 Å². The van der Waals surface area contributed by atoms with E-state index in [2.05, 4.69) is 22.1 Å². The van der Waals surface area contributed by atoms with Crippen LogP contribution in [0, 0.1) is 5.82 Å². The second kappa shape index (κ2) is 7.13. The number of carbonyl (C=O) groups is 1. The smallest absolute Gasteiger partial charge is 0.410 e. The van der Waals surface area contributed by atoms with Gasteiger partial charge in [-0.05, 0) is 29.3 Å². The quantitative estimate of drug-likeness (QED) is 0.668. The van der Waals surface area contributed by atoms with Crippen molar-refractivity contribution in [2.45, 2.75) is 18.5 Å². The molecular formula is C23H18FN3O2. The first-order valence-electron chi connectivity index (χ1n) is 9.46. The molecule has 1 unspecified atom stereocenters. The number of nitrogens with zero attached hydrogens (tertiary/aromatic N) is 3. The fourth-order valence-electron chi connectivity index (χ4n) is 3.99. The maximum absolute atomic E-state index is 13.4. The predicted octanol–water partition coefficient (Wildman–Crippen LogP) is 4.41. The van der Waals surface area contributed by atoms with Crippen molar-refractivity contribution in [3.63, 3.8) is 0 Å². The Morgan fingerprint density at radius 2 is 2.00 bits per heavy atom. The SMILES string of the molecule is O=C1OC[C@@H]2C(C=Cc3cnc(-c4cccc(F)c4)cn3)c3ccccc3CN12. The molecular weight excluding hydrogens is 369 g/mol. The third-order valence-corrected chi connectivity index (χ3v) is 5.45. The fraction of sp³-hybridized carbons (Fsp3) is 0.174. The van der Waals surface area contributed by atoms with E-state index in [1.165, 1.54) is 17.7 Å². The van der Waals surface area contributed by atoms with E-state index in [1.54, 1.807) is 29.4 Å². The fourth-order valence-corrected chi connectivity index (χ4v) is 3.99. The second-order valence-electron chi connectivity index (χ2n) is 7.19. The molecule has 3 aromatic rings. The number of hydrogen-bond donors (Lipinski definition) is 0. The van der Waals surface area contributed by atoms with Crippen LogP contribution in [0.3, 0.4) is 0 Å². The number of rotatable bonds is 3. The number of carbonyl (C=O) groups excluding carboxylic acids is 1. The monoisotopic (exact) mass is 387 g/mol. The van der Waals surface area contributed by atoms with Crippen molar-refractivity contribution in [3.05, 3.63) is 89.6 Å². The van der Waals surface area contributed by atoms with E-state index >= 15 is 0 Å². The Hall–Kier alpha value is -3.54. The van der Waals surface area contributed by atoms with Gasteiger partial charge in [-0.3, -0.25) is 14.9 Å². The molecule has 2 aromatic carbocycles. The molecule has 1 amide bonds. The normalized spacial score (nSPS) is 20.4. The van der Waals surface area contributed by atoms with Crippen LogP contribution in [0.2, 0.25) is 0 Å². The number of aromatic nitrogens is 2. The Morgan fingerprint density at radius 3 is 2.83 bits per heavy atom. The van der Waals surface area contributed by atoms with Crippen molar-refractivity contribution in [3.8, 4) is 11.3 Å². The van der Waals surface area contributed by atoms with Crippen LogP contribution in [-0.2, 0) is 11.3 Å². The van der Waals surface area contributed by atoms with E-state index in [4.69, 9.17) is 4.74 Å². The minimum absolute atomic E-state index is 0.0202. The summed E-state index contributed by atoms with van der Waals surface area (Å²) in [6.45, 7) is 0.957. The molecule has 0 bridgehead atoms. The largest absolute Gasteiger partial charge is 0.447 e. The third-order valence-electron chi connectivity index (χ3n) is 5.45. The molecule has 2 aliphatic rings. The van der Waals surface area contributed by atoms with Crippen LogP contribution >= 0.6 is 0 Å². The molecule has 0 aliphatic carbocycles. The zero-order chi connectivity index (χ0) is 19.8. The third kappa shape index (κ3) is 3.27. The molecule has 5 nitrogen and oxygen atoms in total. The highest BCUT2D eigenvalue weighted by Crippen LogP contribution is 2.37. The van der Waals surface area contributed by atoms with Crippen LogP contribution in [0.15, 0.2) is 67.0 Å². The van der Waals surface area contributed by atoms with Crippen molar-refractivity contribution in [1.82, 2.24) is 14.9 Å². The highest BCUT2D eigenvalue weighted by Gasteiger charge is 2.42. The Kier molecular flexibility index (Phi) is 4.31. The van der Waals surface area contributed by atoms with Gasteiger partial charge in [0.05, 0.1) is 29.8 Å². The predicted molar refractivity (Wildman–Crippen MR) is 106 cm³/mol. The van der Waals surface area contributed by atoms with Gasteiger partial charge in [0, 0.05) is 18.0 Å². The van der Waals surface area contributed by atoms with Gasteiger partial charge < -0.3 is 4.74 Å². The summed E-state index contributed by atoms with van der Waals surface area (Å²) in [5.41, 5.74) is 4.33. The first kappa shape index (κ1) is 17.6. The molecule has 144 valence electrons. The summed E-state index contributed by atoms with van der Waals surface area (Å²) < 4.78 is 18.7. The summed E-state index contributed by atoms with van der Waals surface area (Å²) in [4.78, 5) is 22.7. The van der Waals surface area contributed by atoms with Crippen molar-refractivity contribution in [2.24, 2.45) is 0 Å². The van der Waals surface area contributed by atoms with Crippen molar-refractivity contribution in [2.75, 3.05) is 6.61 Å². The summed E-state index contributed by atoms with van der Waals surface area (Å²) >= 11 is 0. The standard InChI is InChI=1S/C23H18FN3O2/c24-17-6-3-5-15(10-17)21-12-25-18(11-26-21)8-9-20-19-7-2-1-4-16(19)13-27-22(20)14-29-23(27)28/h1-12,20,22H,13-14H2/t20?,22-/m1/s1. The zero-order valence-electron chi connectivity index (χ0n) is 15.5. The maximum atomic E-state index is 13.4. The molecule has 0 spiro atoms. The minimum atomic E-state index is -0.304. The Bertz CT molecular complexity index is 1100. The lowest BCUT2D eigenvalue weighted by Crippen LogP contribution is -2.41.